The first-order valence-electron chi connectivity index (χ1n) is 16.7. The maximum Gasteiger partial charge on any atom is 0.318 e. The fourth-order valence-electron chi connectivity index (χ4n) is 6.89. The Kier molecular flexibility index (Phi) is 9.70. The molecule has 1 aliphatic carbocycles. The molecule has 6 rings (SSSR count). The van der Waals surface area contributed by atoms with Crippen LogP contribution in [0, 0.1) is 11.7 Å². The molecule has 1 aromatic heterocycles. The lowest BCUT2D eigenvalue weighted by Crippen LogP contribution is -2.33. The van der Waals surface area contributed by atoms with E-state index in [2.05, 4.69) is 36.8 Å². The van der Waals surface area contributed by atoms with Gasteiger partial charge in [0, 0.05) is 36.9 Å². The zero-order valence-electron chi connectivity index (χ0n) is 27.8. The summed E-state index contributed by atoms with van der Waals surface area (Å²) in [6.45, 7) is 13.6. The topological polar surface area (TPSA) is 83.3 Å². The fourth-order valence-corrected chi connectivity index (χ4v) is 6.89. The highest BCUT2D eigenvalue weighted by molar-refractivity contribution is 6.50. The van der Waals surface area contributed by atoms with Gasteiger partial charge < -0.3 is 24.4 Å². The van der Waals surface area contributed by atoms with Gasteiger partial charge in [0.05, 0.1) is 30.2 Å². The van der Waals surface area contributed by atoms with Gasteiger partial charge in [-0.25, -0.2) is 4.39 Å². The van der Waals surface area contributed by atoms with Gasteiger partial charge in [0.15, 0.2) is 0 Å². The number of rotatable bonds is 7. The molecule has 3 aromatic rings. The summed E-state index contributed by atoms with van der Waals surface area (Å²) in [5.74, 6) is 1.12. The predicted octanol–water partition coefficient (Wildman–Crippen LogP) is 6.79. The van der Waals surface area contributed by atoms with E-state index in [1.165, 1.54) is 6.07 Å². The second-order valence-corrected chi connectivity index (χ2v) is 12.9. The molecule has 0 saturated carbocycles. The molecule has 2 saturated heterocycles. The minimum absolute atomic E-state index is 0.0195. The molecule has 0 spiro atoms. The summed E-state index contributed by atoms with van der Waals surface area (Å²) in [4.78, 5) is 19.9. The van der Waals surface area contributed by atoms with Gasteiger partial charge in [-0.2, -0.15) is 9.97 Å². The van der Waals surface area contributed by atoms with Gasteiger partial charge in [-0.15, -0.1) is 0 Å². The van der Waals surface area contributed by atoms with E-state index in [0.29, 0.717) is 50.3 Å². The maximum absolute atomic E-state index is 15.3. The van der Waals surface area contributed by atoms with E-state index in [1.54, 1.807) is 18.2 Å². The van der Waals surface area contributed by atoms with Crippen LogP contribution in [-0.4, -0.2) is 84.8 Å². The SMILES string of the molecule is C/C=C1\C(=NC(C)C)C(c2cc(O)cc3ccc(F)c(CC)c23)=Cc2nc(OCC3CCN(C)CC3)nc(N3CCCOCC3)c21. The van der Waals surface area contributed by atoms with E-state index in [1.807, 2.05) is 19.9 Å². The molecule has 2 aliphatic heterocycles. The summed E-state index contributed by atoms with van der Waals surface area (Å²) in [6, 6.07) is 6.97. The average molecular weight is 628 g/mol. The number of hydrogen-bond acceptors (Lipinski definition) is 8. The maximum atomic E-state index is 15.3. The van der Waals surface area contributed by atoms with Crippen molar-refractivity contribution in [3.8, 4) is 11.8 Å². The van der Waals surface area contributed by atoms with Gasteiger partial charge >= 0.3 is 6.01 Å². The molecular weight excluding hydrogens is 581 g/mol. The largest absolute Gasteiger partial charge is 0.508 e. The molecule has 0 unspecified atom stereocenters. The molecular formula is C37H46FN5O3. The Morgan fingerprint density at radius 1 is 1.13 bits per heavy atom. The number of allylic oxidation sites excluding steroid dienone is 3. The van der Waals surface area contributed by atoms with Gasteiger partial charge in [0.1, 0.15) is 17.4 Å². The Hall–Kier alpha value is -3.82. The molecule has 2 aromatic carbocycles. The minimum atomic E-state index is -0.259. The molecule has 0 atom stereocenters. The number of nitrogens with zero attached hydrogens (tertiary/aromatic N) is 5. The number of aliphatic imine (C=N–C) groups is 1. The Balaban J connectivity index is 1.57. The zero-order chi connectivity index (χ0) is 32.4. The summed E-state index contributed by atoms with van der Waals surface area (Å²) >= 11 is 0. The van der Waals surface area contributed by atoms with Crippen LogP contribution in [0.2, 0.25) is 0 Å². The number of anilines is 1. The third kappa shape index (κ3) is 6.53. The first-order valence-corrected chi connectivity index (χ1v) is 16.7. The van der Waals surface area contributed by atoms with Crippen LogP contribution in [0.15, 0.2) is 35.3 Å². The van der Waals surface area contributed by atoms with E-state index in [4.69, 9.17) is 24.4 Å². The van der Waals surface area contributed by atoms with E-state index >= 15 is 4.39 Å². The lowest BCUT2D eigenvalue weighted by Gasteiger charge is -2.31. The average Bonchev–Trinajstić information content (AvgIpc) is 3.33. The van der Waals surface area contributed by atoms with Crippen molar-refractivity contribution in [3.63, 3.8) is 0 Å². The number of fused-ring (bicyclic) bond motifs is 2. The van der Waals surface area contributed by atoms with E-state index in [-0.39, 0.29) is 17.6 Å². The Labute approximate surface area is 271 Å². The number of phenolic OH excluding ortho intramolecular Hbond substituents is 1. The number of phenols is 1. The van der Waals surface area contributed by atoms with Crippen LogP contribution in [0.3, 0.4) is 0 Å². The molecule has 0 bridgehead atoms. The van der Waals surface area contributed by atoms with Crippen molar-refractivity contribution in [1.29, 1.82) is 0 Å². The lowest BCUT2D eigenvalue weighted by atomic mass is 9.82. The van der Waals surface area contributed by atoms with Crippen molar-refractivity contribution < 1.29 is 19.0 Å². The van der Waals surface area contributed by atoms with Crippen molar-refractivity contribution in [3.05, 3.63) is 58.5 Å². The second kappa shape index (κ2) is 13.9. The van der Waals surface area contributed by atoms with E-state index in [0.717, 1.165) is 89.2 Å². The number of aromatic nitrogens is 2. The third-order valence-corrected chi connectivity index (χ3v) is 9.24. The number of aromatic hydroxyl groups is 1. The third-order valence-electron chi connectivity index (χ3n) is 9.24. The molecule has 9 heteroatoms. The van der Waals surface area contributed by atoms with Crippen LogP contribution < -0.4 is 9.64 Å². The summed E-state index contributed by atoms with van der Waals surface area (Å²) in [5.41, 5.74) is 5.46. The van der Waals surface area contributed by atoms with Gasteiger partial charge in [-0.05, 0) is 119 Å². The Bertz CT molecular complexity index is 1680. The summed E-state index contributed by atoms with van der Waals surface area (Å²) in [6.07, 6.45) is 7.67. The van der Waals surface area contributed by atoms with Gasteiger partial charge in [0.2, 0.25) is 0 Å². The molecule has 0 radical (unpaired) electrons. The van der Waals surface area contributed by atoms with Gasteiger partial charge in [-0.3, -0.25) is 4.99 Å². The highest BCUT2D eigenvalue weighted by Crippen LogP contribution is 2.44. The van der Waals surface area contributed by atoms with Crippen LogP contribution in [0.4, 0.5) is 10.2 Å². The number of benzene rings is 2. The van der Waals surface area contributed by atoms with Crippen molar-refractivity contribution in [1.82, 2.24) is 14.9 Å². The van der Waals surface area contributed by atoms with Crippen LogP contribution in [0.5, 0.6) is 11.8 Å². The molecule has 2 fully saturated rings. The smallest absolute Gasteiger partial charge is 0.318 e. The zero-order valence-corrected chi connectivity index (χ0v) is 27.8. The number of halogens is 1. The molecule has 3 heterocycles. The number of aryl methyl sites for hydroxylation is 1. The van der Waals surface area contributed by atoms with Gasteiger partial charge in [-0.1, -0.05) is 19.1 Å². The monoisotopic (exact) mass is 627 g/mol. The van der Waals surface area contributed by atoms with Crippen molar-refractivity contribution >= 4 is 39.5 Å². The fraction of sp³-hybridized carbons (Fsp3) is 0.486. The second-order valence-electron chi connectivity index (χ2n) is 12.9. The number of hydrogen-bond donors (Lipinski definition) is 1. The highest BCUT2D eigenvalue weighted by Gasteiger charge is 2.32. The van der Waals surface area contributed by atoms with Crippen LogP contribution >= 0.6 is 0 Å². The van der Waals surface area contributed by atoms with Crippen LogP contribution in [0.25, 0.3) is 28.0 Å². The van der Waals surface area contributed by atoms with E-state index < -0.39 is 0 Å². The first-order chi connectivity index (χ1) is 22.3. The summed E-state index contributed by atoms with van der Waals surface area (Å²) in [5, 5.41) is 12.5. The van der Waals surface area contributed by atoms with Crippen molar-refractivity contribution in [2.45, 2.75) is 59.4 Å². The standard InChI is InChI=1S/C37H46FN5O3/c1-6-27-31(38)10-9-25-19-26(44)20-29(33(25)27)30-21-32-34(28(7-2)35(30)39-23(3)4)36(43-13-8-17-45-18-16-43)41-37(40-32)46-22-24-11-14-42(5)15-12-24/h7,9-10,19-21,23-24,44H,6,8,11-18,22H2,1-5H3/b28-7-,39-35?. The summed E-state index contributed by atoms with van der Waals surface area (Å²) < 4.78 is 27.5. The van der Waals surface area contributed by atoms with Crippen molar-refractivity contribution in [2.75, 3.05) is 57.9 Å². The Morgan fingerprint density at radius 2 is 1.93 bits per heavy atom. The quantitative estimate of drug-likeness (QED) is 0.309. The Morgan fingerprint density at radius 3 is 2.67 bits per heavy atom. The highest BCUT2D eigenvalue weighted by atomic mass is 19.1. The number of likely N-dealkylation sites (tertiary alicyclic amines) is 1. The molecule has 244 valence electrons. The number of ether oxygens (including phenoxy) is 2. The number of piperidine rings is 1. The summed E-state index contributed by atoms with van der Waals surface area (Å²) in [7, 11) is 2.16. The van der Waals surface area contributed by atoms with E-state index in [9.17, 15) is 5.11 Å². The molecule has 3 aliphatic rings. The predicted molar refractivity (Wildman–Crippen MR) is 184 cm³/mol. The molecule has 46 heavy (non-hydrogen) atoms. The minimum Gasteiger partial charge on any atom is -0.508 e. The lowest BCUT2D eigenvalue weighted by molar-refractivity contribution is 0.152. The molecule has 8 nitrogen and oxygen atoms in total. The van der Waals surface area contributed by atoms with Crippen LogP contribution in [-0.2, 0) is 11.2 Å². The molecule has 1 N–H and O–H groups in total. The molecule has 0 amide bonds. The normalized spacial score (nSPS) is 20.0. The van der Waals surface area contributed by atoms with Gasteiger partial charge in [0.25, 0.3) is 0 Å². The first kappa shape index (κ1) is 32.1. The van der Waals surface area contributed by atoms with Crippen molar-refractivity contribution in [2.24, 2.45) is 10.9 Å². The van der Waals surface area contributed by atoms with Crippen LogP contribution in [0.1, 0.15) is 69.3 Å².